The van der Waals surface area contributed by atoms with Crippen molar-refractivity contribution >= 4 is 119 Å². The van der Waals surface area contributed by atoms with E-state index in [2.05, 4.69) is 95.7 Å². The molecule has 50 heteroatoms. The summed E-state index contributed by atoms with van der Waals surface area (Å²) in [5, 5.41) is 117. The number of nitrogens with two attached hydrogens (primary N) is 11. The maximum atomic E-state index is 14.9. The summed E-state index contributed by atoms with van der Waals surface area (Å²) in [5.41, 5.74) is 61.8. The fraction of sp³-hybridized carbons (Fsp3) is 0.594. The molecule has 0 aliphatic heterocycles. The highest BCUT2D eigenvalue weighted by molar-refractivity contribution is 5.99. The smallest absolute Gasteiger partial charge is 0.243 e. The van der Waals surface area contributed by atoms with Crippen molar-refractivity contribution in [3.8, 4) is 5.75 Å². The van der Waals surface area contributed by atoms with E-state index in [-0.39, 0.29) is 173 Å². The number of rotatable bonds is 58. The van der Waals surface area contributed by atoms with Crippen LogP contribution >= 0.6 is 0 Å². The van der Waals surface area contributed by atoms with Gasteiger partial charge in [-0.05, 0) is 133 Å². The van der Waals surface area contributed by atoms with E-state index < -0.39 is 192 Å². The summed E-state index contributed by atoms with van der Waals surface area (Å²) in [6.07, 6.45) is -2.50. The highest BCUT2D eigenvalue weighted by Crippen LogP contribution is 2.14. The first-order chi connectivity index (χ1) is 53.8. The van der Waals surface area contributed by atoms with Crippen molar-refractivity contribution in [1.82, 2.24) is 95.7 Å². The zero-order valence-electron chi connectivity index (χ0n) is 63.6. The molecule has 0 heterocycles. The van der Waals surface area contributed by atoms with Crippen molar-refractivity contribution in [1.29, 1.82) is 43.3 Å². The lowest BCUT2D eigenvalue weighted by atomic mass is 10.0. The molecule has 0 radical (unpaired) electrons. The largest absolute Gasteiger partial charge is 0.508 e. The topological polar surface area (TPSA) is 919 Å². The molecule has 49 N–H and O–H groups in total. The SMILES string of the molecule is N=C(N)NCCC[C@H](NC(=O)[C@H](CCCNC(=N)N)NC(=O)[C@H](CCCNC(=N)N)NC(=O)[C@H](CCC(N)=O)NC(=O)[C@H](CCCNC(=N)N)NC(=O)[C@H](CCCNC(=N)N)NC(=O)[C@H](CCCNC(=N)N)NC(=O)[C@H](CCCNC(=N)N)NC(=O)[C@H](CCCNC(=N)N)NC(=O)CNC(=O)[C@@H](N)Cc1ccc(O)cc1)C(N)=O. The number of phenols is 1. The lowest BCUT2D eigenvalue weighted by Gasteiger charge is -2.28. The summed E-state index contributed by atoms with van der Waals surface area (Å²) in [4.78, 5) is 168. The fourth-order valence-electron chi connectivity index (χ4n) is 10.7. The van der Waals surface area contributed by atoms with E-state index in [0.29, 0.717) is 5.56 Å². The summed E-state index contributed by atoms with van der Waals surface area (Å²) in [7, 11) is 0. The number of benzene rings is 1. The lowest BCUT2D eigenvalue weighted by Crippen LogP contribution is -2.60. The molecule has 638 valence electrons. The summed E-state index contributed by atoms with van der Waals surface area (Å²) >= 11 is 0. The van der Waals surface area contributed by atoms with Crippen molar-refractivity contribution in [2.75, 3.05) is 58.9 Å². The Morgan fingerprint density at radius 3 is 0.719 bits per heavy atom. The predicted octanol–water partition coefficient (Wildman–Crippen LogP) is -12.4. The molecular weight excluding hydrogens is 1490 g/mol. The molecule has 0 aromatic heterocycles. The Labute approximate surface area is 657 Å². The normalized spacial score (nSPS) is 13.3. The van der Waals surface area contributed by atoms with Gasteiger partial charge in [0, 0.05) is 58.8 Å². The second kappa shape index (κ2) is 55.2. The quantitative estimate of drug-likeness (QED) is 0.0164. The molecular formula is C64H119N37O13. The number of nitrogens with one attached hydrogen (secondary N) is 26. The maximum absolute atomic E-state index is 14.9. The Hall–Kier alpha value is -13.2. The van der Waals surface area contributed by atoms with Crippen molar-refractivity contribution in [2.24, 2.45) is 63.1 Å². The van der Waals surface area contributed by atoms with Gasteiger partial charge in [0.1, 0.15) is 60.1 Å². The Morgan fingerprint density at radius 1 is 0.289 bits per heavy atom. The molecule has 0 spiro atoms. The third-order valence-corrected chi connectivity index (χ3v) is 16.5. The third kappa shape index (κ3) is 46.3. The van der Waals surface area contributed by atoms with Crippen molar-refractivity contribution in [3.63, 3.8) is 0 Å². The summed E-state index contributed by atoms with van der Waals surface area (Å²) in [5.74, 6) is -15.2. The fourth-order valence-corrected chi connectivity index (χ4v) is 10.7. The van der Waals surface area contributed by atoms with Gasteiger partial charge in [-0.3, -0.25) is 101 Å². The molecule has 10 atom stereocenters. The second-order valence-corrected chi connectivity index (χ2v) is 26.1. The minimum absolute atomic E-state index is 0.00367. The Balaban J connectivity index is 3.97. The van der Waals surface area contributed by atoms with Gasteiger partial charge < -0.3 is 164 Å². The van der Waals surface area contributed by atoms with Gasteiger partial charge in [0.25, 0.3) is 0 Å². The number of hydrogen-bond acceptors (Lipinski definition) is 22. The van der Waals surface area contributed by atoms with E-state index in [9.17, 15) is 62.6 Å². The molecule has 0 fully saturated rings. The van der Waals surface area contributed by atoms with Gasteiger partial charge in [0.2, 0.25) is 70.9 Å². The molecule has 0 bridgehead atoms. The molecule has 1 aromatic carbocycles. The first-order valence-corrected chi connectivity index (χ1v) is 36.5. The number of amides is 12. The monoisotopic (exact) mass is 1610 g/mol. The van der Waals surface area contributed by atoms with Crippen LogP contribution in [0.25, 0.3) is 0 Å². The Morgan fingerprint density at radius 2 is 0.500 bits per heavy atom. The van der Waals surface area contributed by atoms with E-state index in [1.165, 1.54) is 12.1 Å². The second-order valence-electron chi connectivity index (χ2n) is 26.1. The molecule has 0 saturated heterocycles. The maximum Gasteiger partial charge on any atom is 0.243 e. The number of guanidine groups is 8. The van der Waals surface area contributed by atoms with E-state index in [1.54, 1.807) is 12.1 Å². The Kier molecular flexibility index (Phi) is 47.9. The summed E-state index contributed by atoms with van der Waals surface area (Å²) in [6.45, 7) is -0.750. The van der Waals surface area contributed by atoms with Gasteiger partial charge in [-0.15, -0.1) is 0 Å². The van der Waals surface area contributed by atoms with E-state index >= 15 is 0 Å². The molecule has 50 nitrogen and oxygen atoms in total. The average Bonchev–Trinajstić information content (AvgIpc) is 0.826. The van der Waals surface area contributed by atoms with Gasteiger partial charge in [-0.2, -0.15) is 0 Å². The molecule has 1 aromatic rings. The van der Waals surface area contributed by atoms with Crippen LogP contribution in [0.5, 0.6) is 5.75 Å². The van der Waals surface area contributed by atoms with Crippen molar-refractivity contribution < 1.29 is 62.6 Å². The van der Waals surface area contributed by atoms with E-state index in [4.69, 9.17) is 106 Å². The number of carbonyl (C=O) groups excluding carboxylic acids is 12. The molecule has 12 amide bonds. The lowest BCUT2D eigenvalue weighted by molar-refractivity contribution is -0.136. The number of carbonyl (C=O) groups is 12. The van der Waals surface area contributed by atoms with Crippen molar-refractivity contribution in [3.05, 3.63) is 29.8 Å². The average molecular weight is 1610 g/mol. The number of primary amides is 2. The first kappa shape index (κ1) is 98.8. The number of aromatic hydroxyl groups is 1. The molecule has 1 rings (SSSR count). The highest BCUT2D eigenvalue weighted by Gasteiger charge is 2.36. The zero-order valence-corrected chi connectivity index (χ0v) is 63.6. The molecule has 114 heavy (non-hydrogen) atoms. The van der Waals surface area contributed by atoms with Crippen LogP contribution in [0.2, 0.25) is 0 Å². The summed E-state index contributed by atoms with van der Waals surface area (Å²) in [6, 6.07) is -9.32. The van der Waals surface area contributed by atoms with Gasteiger partial charge in [0.05, 0.1) is 12.6 Å². The van der Waals surface area contributed by atoms with Crippen LogP contribution in [-0.4, -0.2) is 243 Å². The van der Waals surface area contributed by atoms with Crippen LogP contribution in [0.15, 0.2) is 24.3 Å². The first-order valence-electron chi connectivity index (χ1n) is 36.5. The molecule has 0 saturated carbocycles. The minimum atomic E-state index is -1.77. The van der Waals surface area contributed by atoms with Crippen LogP contribution in [-0.2, 0) is 64.0 Å². The van der Waals surface area contributed by atoms with Crippen LogP contribution in [0.3, 0.4) is 0 Å². The number of phenolic OH excluding ortho intramolecular Hbond substituents is 1. The predicted molar refractivity (Wildman–Crippen MR) is 421 cm³/mol. The van der Waals surface area contributed by atoms with Crippen LogP contribution < -0.4 is 159 Å². The van der Waals surface area contributed by atoms with Gasteiger partial charge in [-0.25, -0.2) is 0 Å². The third-order valence-electron chi connectivity index (χ3n) is 16.5. The summed E-state index contributed by atoms with van der Waals surface area (Å²) < 4.78 is 0. The van der Waals surface area contributed by atoms with E-state index in [1.807, 2.05) is 0 Å². The van der Waals surface area contributed by atoms with Gasteiger partial charge >= 0.3 is 0 Å². The molecule has 0 unspecified atom stereocenters. The Bertz CT molecular complexity index is 3420. The van der Waals surface area contributed by atoms with Crippen LogP contribution in [0.1, 0.15) is 121 Å². The zero-order chi connectivity index (χ0) is 85.8. The van der Waals surface area contributed by atoms with Crippen LogP contribution in [0.4, 0.5) is 0 Å². The van der Waals surface area contributed by atoms with Gasteiger partial charge in [-0.1, -0.05) is 12.1 Å². The standard InChI is InChI=1S/C64H119N37O13/c65-35(31-33-17-19-34(102)20-18-33)48(106)92-32-46(104)93-37(10-2-24-85-58(70)71)49(107)95-39(12-4-26-87-60(74)75)51(109)97-40(13-5-27-88-61(76)77)52(110)98-41(14-6-28-89-62(78)79)53(111)99-43(16-8-30-91-64(82)83)55(113)101-44(21-22-45(66)103)56(114)100-42(15-7-29-90-63(80)81)54(112)96-38(11-3-25-86-59(72)73)50(108)94-36(47(67)105)9-1-23-84-57(68)69/h17-20,35-44,102H,1-16,21-32,65H2,(H2,66,103)(H2,67,105)(H,92,106)(H,93,104)(H,94,108)(H,95,107)(H,96,112)(H,97,109)(H,98,110)(H,99,111)(H,100,114)(H,101,113)(H4,68,69,84)(H4,70,71,85)(H4,72,73,86)(H4,74,75,87)(H4,76,77,88)(H4,78,79,89)(H4,80,81,90)(H4,82,83,91)/t35-,36-,37-,38-,39-,40-,41-,42-,43-,44-/m0/s1. The van der Waals surface area contributed by atoms with Crippen LogP contribution in [0, 0.1) is 43.3 Å². The number of hydrogen-bond donors (Lipinski definition) is 38. The van der Waals surface area contributed by atoms with E-state index in [0.717, 1.165) is 0 Å². The highest BCUT2D eigenvalue weighted by atomic mass is 16.3. The van der Waals surface area contributed by atoms with Crippen molar-refractivity contribution in [2.45, 2.75) is 182 Å². The molecule has 0 aliphatic rings. The molecule has 0 aliphatic carbocycles. The van der Waals surface area contributed by atoms with Gasteiger partial charge in [0.15, 0.2) is 47.7 Å². The minimum Gasteiger partial charge on any atom is -0.508 e.